The summed E-state index contributed by atoms with van der Waals surface area (Å²) in [6, 6.07) is 8.31. The van der Waals surface area contributed by atoms with Crippen molar-refractivity contribution in [1.29, 1.82) is 0 Å². The summed E-state index contributed by atoms with van der Waals surface area (Å²) in [5, 5.41) is 0. The summed E-state index contributed by atoms with van der Waals surface area (Å²) in [4.78, 5) is 30.1. The number of aromatic nitrogens is 1. The summed E-state index contributed by atoms with van der Waals surface area (Å²) in [7, 11) is 1.32. The van der Waals surface area contributed by atoms with E-state index in [2.05, 4.69) is 4.98 Å². The maximum Gasteiger partial charge on any atom is 0.337 e. The van der Waals surface area contributed by atoms with E-state index >= 15 is 0 Å². The van der Waals surface area contributed by atoms with E-state index in [9.17, 15) is 18.4 Å². The van der Waals surface area contributed by atoms with Gasteiger partial charge in [0.2, 0.25) is 5.91 Å². The number of carbonyl (C=O) groups is 2. The fourth-order valence-corrected chi connectivity index (χ4v) is 3.49. The molecule has 1 aliphatic rings. The molecule has 4 rings (SSSR count). The van der Waals surface area contributed by atoms with E-state index in [0.29, 0.717) is 24.4 Å². The van der Waals surface area contributed by atoms with Gasteiger partial charge in [-0.2, -0.15) is 0 Å². The molecular formula is C22H18F2N2O4. The first-order chi connectivity index (χ1) is 14.5. The van der Waals surface area contributed by atoms with Crippen molar-refractivity contribution >= 4 is 17.6 Å². The van der Waals surface area contributed by atoms with Gasteiger partial charge in [-0.05, 0) is 42.3 Å². The molecule has 1 amide bonds. The molecule has 0 bridgehead atoms. The Morgan fingerprint density at radius 3 is 2.80 bits per heavy atom. The van der Waals surface area contributed by atoms with Gasteiger partial charge in [0.25, 0.3) is 0 Å². The van der Waals surface area contributed by atoms with Crippen LogP contribution in [0, 0.1) is 11.6 Å². The van der Waals surface area contributed by atoms with Crippen molar-refractivity contribution in [3.8, 4) is 11.3 Å². The van der Waals surface area contributed by atoms with Crippen LogP contribution in [0.15, 0.2) is 47.0 Å². The van der Waals surface area contributed by atoms with Crippen LogP contribution in [0.1, 0.15) is 28.2 Å². The van der Waals surface area contributed by atoms with Crippen molar-refractivity contribution in [3.05, 3.63) is 71.2 Å². The molecule has 8 heteroatoms. The zero-order chi connectivity index (χ0) is 21.3. The van der Waals surface area contributed by atoms with Gasteiger partial charge in [0.1, 0.15) is 11.6 Å². The molecule has 0 saturated carbocycles. The van der Waals surface area contributed by atoms with E-state index in [1.165, 1.54) is 19.4 Å². The number of fused-ring (bicyclic) bond motifs is 1. The SMILES string of the molecule is COC(=O)c1ccc2c(c1)CCN2C(=O)CCc1ncc(-c2ccc(F)cc2F)o1. The average Bonchev–Trinajstić information content (AvgIpc) is 3.38. The summed E-state index contributed by atoms with van der Waals surface area (Å²) in [6.45, 7) is 0.524. The van der Waals surface area contributed by atoms with Crippen LogP contribution < -0.4 is 4.90 Å². The number of oxazole rings is 1. The maximum absolute atomic E-state index is 13.9. The van der Waals surface area contributed by atoms with Gasteiger partial charge >= 0.3 is 5.97 Å². The van der Waals surface area contributed by atoms with E-state index < -0.39 is 17.6 Å². The minimum Gasteiger partial charge on any atom is -0.465 e. The van der Waals surface area contributed by atoms with Gasteiger partial charge in [-0.3, -0.25) is 4.79 Å². The highest BCUT2D eigenvalue weighted by Gasteiger charge is 2.26. The molecule has 0 atom stereocenters. The minimum atomic E-state index is -0.742. The number of hydrogen-bond donors (Lipinski definition) is 0. The highest BCUT2D eigenvalue weighted by atomic mass is 19.1. The molecule has 0 unspecified atom stereocenters. The van der Waals surface area contributed by atoms with Crippen LogP contribution in [0.4, 0.5) is 14.5 Å². The van der Waals surface area contributed by atoms with E-state index in [1.807, 2.05) is 0 Å². The molecule has 3 aromatic rings. The predicted octanol–water partition coefficient (Wildman–Crippen LogP) is 3.93. The summed E-state index contributed by atoms with van der Waals surface area (Å²) in [6.07, 6.45) is 2.41. The highest BCUT2D eigenvalue weighted by Crippen LogP contribution is 2.30. The highest BCUT2D eigenvalue weighted by molar-refractivity contribution is 5.97. The van der Waals surface area contributed by atoms with Crippen LogP contribution in [-0.4, -0.2) is 30.5 Å². The van der Waals surface area contributed by atoms with Crippen molar-refractivity contribution in [2.24, 2.45) is 0 Å². The van der Waals surface area contributed by atoms with Gasteiger partial charge in [-0.1, -0.05) is 0 Å². The smallest absolute Gasteiger partial charge is 0.337 e. The van der Waals surface area contributed by atoms with Gasteiger partial charge in [-0.15, -0.1) is 0 Å². The molecule has 0 spiro atoms. The predicted molar refractivity (Wildman–Crippen MR) is 104 cm³/mol. The largest absolute Gasteiger partial charge is 0.465 e. The lowest BCUT2D eigenvalue weighted by molar-refractivity contribution is -0.118. The van der Waals surface area contributed by atoms with E-state index in [4.69, 9.17) is 9.15 Å². The summed E-state index contributed by atoms with van der Waals surface area (Å²) >= 11 is 0. The monoisotopic (exact) mass is 412 g/mol. The Balaban J connectivity index is 1.42. The summed E-state index contributed by atoms with van der Waals surface area (Å²) in [5.41, 5.74) is 2.24. The number of carbonyl (C=O) groups excluding carboxylic acids is 2. The number of rotatable bonds is 5. The Kier molecular flexibility index (Phi) is 5.31. The molecule has 1 aromatic heterocycles. The lowest BCUT2D eigenvalue weighted by atomic mass is 10.1. The fourth-order valence-electron chi connectivity index (χ4n) is 3.49. The third-order valence-corrected chi connectivity index (χ3v) is 5.00. The van der Waals surface area contributed by atoms with Crippen LogP contribution >= 0.6 is 0 Å². The van der Waals surface area contributed by atoms with Crippen molar-refractivity contribution in [2.75, 3.05) is 18.6 Å². The number of esters is 1. The second kappa shape index (κ2) is 8.06. The summed E-state index contributed by atoms with van der Waals surface area (Å²) < 4.78 is 37.2. The molecule has 154 valence electrons. The van der Waals surface area contributed by atoms with Crippen LogP contribution in [-0.2, 0) is 22.4 Å². The molecule has 6 nitrogen and oxygen atoms in total. The van der Waals surface area contributed by atoms with Crippen LogP contribution in [0.25, 0.3) is 11.3 Å². The first-order valence-corrected chi connectivity index (χ1v) is 9.38. The molecule has 30 heavy (non-hydrogen) atoms. The second-order valence-electron chi connectivity index (χ2n) is 6.87. The lowest BCUT2D eigenvalue weighted by Gasteiger charge is -2.17. The molecular weight excluding hydrogens is 394 g/mol. The molecule has 0 radical (unpaired) electrons. The zero-order valence-electron chi connectivity index (χ0n) is 16.2. The minimum absolute atomic E-state index is 0.104. The number of aryl methyl sites for hydroxylation is 1. The molecule has 1 aliphatic heterocycles. The number of methoxy groups -OCH3 is 1. The van der Waals surface area contributed by atoms with Gasteiger partial charge in [0, 0.05) is 31.1 Å². The topological polar surface area (TPSA) is 72.6 Å². The van der Waals surface area contributed by atoms with Crippen molar-refractivity contribution in [2.45, 2.75) is 19.3 Å². The van der Waals surface area contributed by atoms with Crippen LogP contribution in [0.2, 0.25) is 0 Å². The van der Waals surface area contributed by atoms with E-state index in [0.717, 1.165) is 23.4 Å². The Morgan fingerprint density at radius 2 is 2.03 bits per heavy atom. The summed E-state index contributed by atoms with van der Waals surface area (Å²) in [5.74, 6) is -1.47. The molecule has 0 N–H and O–H groups in total. The van der Waals surface area contributed by atoms with E-state index in [-0.39, 0.29) is 30.1 Å². The number of anilines is 1. The van der Waals surface area contributed by atoms with Crippen molar-refractivity contribution < 1.29 is 27.5 Å². The molecule has 0 saturated heterocycles. The number of benzene rings is 2. The molecule has 2 aromatic carbocycles. The van der Waals surface area contributed by atoms with Crippen LogP contribution in [0.3, 0.4) is 0 Å². The van der Waals surface area contributed by atoms with Gasteiger partial charge in [0.05, 0.1) is 24.4 Å². The maximum atomic E-state index is 13.9. The molecule has 0 fully saturated rings. The number of nitrogens with zero attached hydrogens (tertiary/aromatic N) is 2. The Labute approximate surface area is 171 Å². The third kappa shape index (κ3) is 3.80. The normalized spacial score (nSPS) is 12.7. The molecule has 0 aliphatic carbocycles. The second-order valence-corrected chi connectivity index (χ2v) is 6.87. The quantitative estimate of drug-likeness (QED) is 0.594. The first kappa shape index (κ1) is 19.8. The van der Waals surface area contributed by atoms with Crippen molar-refractivity contribution in [1.82, 2.24) is 4.98 Å². The number of amides is 1. The lowest BCUT2D eigenvalue weighted by Crippen LogP contribution is -2.29. The first-order valence-electron chi connectivity index (χ1n) is 9.38. The average molecular weight is 412 g/mol. The van der Waals surface area contributed by atoms with Crippen molar-refractivity contribution in [3.63, 3.8) is 0 Å². The fraction of sp³-hybridized carbons (Fsp3) is 0.227. The third-order valence-electron chi connectivity index (χ3n) is 5.00. The Hall–Kier alpha value is -3.55. The number of ether oxygens (including phenoxy) is 1. The standard InChI is InChI=1S/C22H18F2N2O4/c1-29-22(28)14-2-5-18-13(10-14)8-9-26(18)21(27)7-6-20-25-12-19(30-20)16-4-3-15(23)11-17(16)24/h2-5,10-12H,6-9H2,1H3. The van der Waals surface area contributed by atoms with E-state index in [1.54, 1.807) is 23.1 Å². The number of halogens is 2. The van der Waals surface area contributed by atoms with Gasteiger partial charge < -0.3 is 14.1 Å². The molecule has 2 heterocycles. The van der Waals surface area contributed by atoms with Gasteiger partial charge in [0.15, 0.2) is 11.7 Å². The zero-order valence-corrected chi connectivity index (χ0v) is 16.2. The Bertz CT molecular complexity index is 1130. The Morgan fingerprint density at radius 1 is 1.20 bits per heavy atom. The van der Waals surface area contributed by atoms with Crippen LogP contribution in [0.5, 0.6) is 0 Å². The number of hydrogen-bond acceptors (Lipinski definition) is 5. The van der Waals surface area contributed by atoms with Gasteiger partial charge in [-0.25, -0.2) is 18.6 Å².